The van der Waals surface area contributed by atoms with Gasteiger partial charge in [-0.1, -0.05) is 30.3 Å². The van der Waals surface area contributed by atoms with Gasteiger partial charge in [0.1, 0.15) is 27.1 Å². The quantitative estimate of drug-likeness (QED) is 0.245. The summed E-state index contributed by atoms with van der Waals surface area (Å²) >= 11 is 2.82. The van der Waals surface area contributed by atoms with Gasteiger partial charge in [-0.15, -0.1) is 22.7 Å². The van der Waals surface area contributed by atoms with E-state index in [2.05, 4.69) is 4.98 Å². The number of ether oxygens (including phenoxy) is 2. The van der Waals surface area contributed by atoms with Crippen molar-refractivity contribution < 1.29 is 14.3 Å². The van der Waals surface area contributed by atoms with Gasteiger partial charge in [0.15, 0.2) is 0 Å². The van der Waals surface area contributed by atoms with Gasteiger partial charge >= 0.3 is 11.7 Å². The molecule has 0 spiro atoms. The van der Waals surface area contributed by atoms with Crippen molar-refractivity contribution in [3.8, 4) is 9.88 Å². The van der Waals surface area contributed by atoms with E-state index in [9.17, 15) is 14.4 Å². The van der Waals surface area contributed by atoms with Crippen LogP contribution >= 0.6 is 22.7 Å². The lowest BCUT2D eigenvalue weighted by molar-refractivity contribution is -0.164. The van der Waals surface area contributed by atoms with Gasteiger partial charge in [-0.3, -0.25) is 9.36 Å². The molecule has 0 radical (unpaired) electrons. The third-order valence-corrected chi connectivity index (χ3v) is 8.49. The Balaban J connectivity index is 2.02. The summed E-state index contributed by atoms with van der Waals surface area (Å²) in [6.45, 7) is 14.2. The Labute approximate surface area is 235 Å². The zero-order valence-electron chi connectivity index (χ0n) is 23.6. The number of esters is 1. The molecular formula is C29H35N3O5S2. The molecule has 208 valence electrons. The van der Waals surface area contributed by atoms with Crippen LogP contribution in [0, 0.1) is 6.92 Å². The minimum Gasteiger partial charge on any atom is -0.458 e. The first-order valence-corrected chi connectivity index (χ1v) is 14.5. The Morgan fingerprint density at radius 1 is 1.08 bits per heavy atom. The minimum atomic E-state index is -1.56. The van der Waals surface area contributed by atoms with Gasteiger partial charge in [0.05, 0.1) is 22.9 Å². The lowest BCUT2D eigenvalue weighted by Crippen LogP contribution is -2.54. The van der Waals surface area contributed by atoms with Crippen LogP contribution < -0.4 is 11.2 Å². The largest absolute Gasteiger partial charge is 0.458 e. The molecule has 0 aliphatic heterocycles. The third kappa shape index (κ3) is 5.78. The van der Waals surface area contributed by atoms with E-state index in [4.69, 9.17) is 9.47 Å². The second-order valence-electron chi connectivity index (χ2n) is 11.3. The molecule has 0 saturated heterocycles. The first kappa shape index (κ1) is 28.9. The number of nitrogens with zero attached hydrogens (tertiary/aromatic N) is 3. The van der Waals surface area contributed by atoms with Crippen LogP contribution in [0.25, 0.3) is 20.1 Å². The Morgan fingerprint density at radius 3 is 2.31 bits per heavy atom. The lowest BCUT2D eigenvalue weighted by Gasteiger charge is -2.30. The fourth-order valence-corrected chi connectivity index (χ4v) is 6.52. The average Bonchev–Trinajstić information content (AvgIpc) is 3.48. The molecule has 0 saturated carbocycles. The van der Waals surface area contributed by atoms with Crippen molar-refractivity contribution in [2.75, 3.05) is 0 Å². The lowest BCUT2D eigenvalue weighted by atomic mass is 10.0. The van der Waals surface area contributed by atoms with Crippen molar-refractivity contribution in [3.05, 3.63) is 73.9 Å². The molecule has 3 aromatic heterocycles. The Kier molecular flexibility index (Phi) is 8.03. The number of rotatable bonds is 8. The van der Waals surface area contributed by atoms with E-state index in [1.54, 1.807) is 45.4 Å². The van der Waals surface area contributed by atoms with E-state index in [0.29, 0.717) is 10.2 Å². The van der Waals surface area contributed by atoms with Gasteiger partial charge in [0, 0.05) is 11.6 Å². The fraction of sp³-hybridized carbons (Fsp3) is 0.448. The molecule has 0 aliphatic rings. The number of aromatic nitrogens is 3. The molecule has 0 bridgehead atoms. The van der Waals surface area contributed by atoms with Crippen LogP contribution in [0.2, 0.25) is 0 Å². The molecule has 4 rings (SSSR count). The van der Waals surface area contributed by atoms with Crippen LogP contribution in [0.15, 0.2) is 51.5 Å². The van der Waals surface area contributed by atoms with Gasteiger partial charge in [-0.2, -0.15) is 0 Å². The van der Waals surface area contributed by atoms with Crippen molar-refractivity contribution >= 4 is 38.9 Å². The highest BCUT2D eigenvalue weighted by molar-refractivity contribution is 7.25. The highest BCUT2D eigenvalue weighted by atomic mass is 32.1. The van der Waals surface area contributed by atoms with E-state index < -0.39 is 34.5 Å². The van der Waals surface area contributed by atoms with E-state index in [1.807, 2.05) is 56.5 Å². The van der Waals surface area contributed by atoms with Crippen molar-refractivity contribution in [1.82, 2.24) is 14.1 Å². The Bertz CT molecular complexity index is 1590. The second-order valence-corrected chi connectivity index (χ2v) is 13.1. The van der Waals surface area contributed by atoms with Crippen LogP contribution in [0.1, 0.15) is 65.7 Å². The van der Waals surface area contributed by atoms with Gasteiger partial charge in [0.25, 0.3) is 5.56 Å². The standard InChI is InChI=1S/C29H35N3O5S2/c1-17(2)36-20(19-12-10-9-11-13-19)16-31-25-21(18(3)22(39-25)23-30-14-15-38-23)24(33)32(27(31)35)29(7,8)26(34)37-28(4,5)6/h9-15,17,20H,16H2,1-8H3/t20-/m0/s1. The summed E-state index contributed by atoms with van der Waals surface area (Å²) < 4.78 is 14.5. The van der Waals surface area contributed by atoms with E-state index >= 15 is 0 Å². The number of carbonyl (C=O) groups excluding carboxylic acids is 1. The first-order chi connectivity index (χ1) is 18.2. The summed E-state index contributed by atoms with van der Waals surface area (Å²) in [5, 5.41) is 3.03. The predicted octanol–water partition coefficient (Wildman–Crippen LogP) is 5.90. The molecule has 10 heteroatoms. The van der Waals surface area contributed by atoms with Gasteiger partial charge < -0.3 is 9.47 Å². The van der Waals surface area contributed by atoms with Crippen LogP contribution in [0.3, 0.4) is 0 Å². The fourth-order valence-electron chi connectivity index (χ4n) is 4.42. The molecule has 0 unspecified atom stereocenters. The molecule has 0 amide bonds. The Morgan fingerprint density at radius 2 is 1.74 bits per heavy atom. The molecule has 3 heterocycles. The maximum atomic E-state index is 14.2. The van der Waals surface area contributed by atoms with Crippen LogP contribution in [0.4, 0.5) is 0 Å². The number of hydrogen-bond donors (Lipinski definition) is 0. The monoisotopic (exact) mass is 569 g/mol. The Hall–Kier alpha value is -3.08. The maximum absolute atomic E-state index is 14.2. The molecule has 1 aromatic carbocycles. The van der Waals surface area contributed by atoms with Crippen molar-refractivity contribution in [1.29, 1.82) is 0 Å². The van der Waals surface area contributed by atoms with Crippen molar-refractivity contribution in [2.24, 2.45) is 0 Å². The molecule has 0 aliphatic carbocycles. The van der Waals surface area contributed by atoms with E-state index in [0.717, 1.165) is 25.6 Å². The molecular weight excluding hydrogens is 534 g/mol. The summed E-state index contributed by atoms with van der Waals surface area (Å²) in [7, 11) is 0. The number of fused-ring (bicyclic) bond motifs is 1. The van der Waals surface area contributed by atoms with E-state index in [-0.39, 0.29) is 12.6 Å². The van der Waals surface area contributed by atoms with Gasteiger partial charge in [-0.25, -0.2) is 19.1 Å². The van der Waals surface area contributed by atoms with Crippen LogP contribution in [-0.2, 0) is 26.4 Å². The average molecular weight is 570 g/mol. The van der Waals surface area contributed by atoms with Crippen LogP contribution in [0.5, 0.6) is 0 Å². The molecule has 39 heavy (non-hydrogen) atoms. The first-order valence-electron chi connectivity index (χ1n) is 12.9. The van der Waals surface area contributed by atoms with Crippen LogP contribution in [-0.4, -0.2) is 31.8 Å². The zero-order valence-corrected chi connectivity index (χ0v) is 25.2. The SMILES string of the molecule is Cc1c(-c2nccs2)sc2c1c(=O)n(C(C)(C)C(=O)OC(C)(C)C)c(=O)n2C[C@H](OC(C)C)c1ccccc1. The smallest absolute Gasteiger partial charge is 0.333 e. The summed E-state index contributed by atoms with van der Waals surface area (Å²) in [5.74, 6) is -0.661. The number of thiophene rings is 1. The highest BCUT2D eigenvalue weighted by Crippen LogP contribution is 2.38. The normalized spacial score (nSPS) is 13.3. The number of benzene rings is 1. The number of thiazole rings is 1. The van der Waals surface area contributed by atoms with Crippen molar-refractivity contribution in [2.45, 2.75) is 85.3 Å². The number of hydrogen-bond acceptors (Lipinski definition) is 8. The molecule has 0 fully saturated rings. The molecule has 8 nitrogen and oxygen atoms in total. The zero-order chi connectivity index (χ0) is 28.7. The van der Waals surface area contributed by atoms with Gasteiger partial charge in [-0.05, 0) is 66.5 Å². The highest BCUT2D eigenvalue weighted by Gasteiger charge is 2.39. The van der Waals surface area contributed by atoms with Crippen molar-refractivity contribution in [3.63, 3.8) is 0 Å². The summed E-state index contributed by atoms with van der Waals surface area (Å²) in [4.78, 5) is 47.4. The third-order valence-electron chi connectivity index (χ3n) is 6.25. The summed E-state index contributed by atoms with van der Waals surface area (Å²) in [6, 6.07) is 9.68. The minimum absolute atomic E-state index is 0.110. The topological polar surface area (TPSA) is 92.4 Å². The summed E-state index contributed by atoms with van der Waals surface area (Å²) in [6.07, 6.45) is 1.14. The molecule has 4 aromatic rings. The maximum Gasteiger partial charge on any atom is 0.333 e. The van der Waals surface area contributed by atoms with E-state index in [1.165, 1.54) is 22.7 Å². The predicted molar refractivity (Wildman–Crippen MR) is 157 cm³/mol. The second kappa shape index (κ2) is 10.8. The summed E-state index contributed by atoms with van der Waals surface area (Å²) in [5.41, 5.74) is -1.85. The number of aryl methyl sites for hydroxylation is 1. The molecule has 1 atom stereocenters. The van der Waals surface area contributed by atoms with Gasteiger partial charge in [0.2, 0.25) is 0 Å². The molecule has 0 N–H and O–H groups in total. The number of carbonyl (C=O) groups is 1.